The smallest absolute Gasteiger partial charge is 0.405 e. The Bertz CT molecular complexity index is 997. The summed E-state index contributed by atoms with van der Waals surface area (Å²) in [6, 6.07) is 4.50. The molecule has 0 aliphatic carbocycles. The van der Waals surface area contributed by atoms with Crippen LogP contribution in [0, 0.1) is 10.8 Å². The van der Waals surface area contributed by atoms with E-state index >= 15 is 0 Å². The summed E-state index contributed by atoms with van der Waals surface area (Å²) in [7, 11) is 0. The van der Waals surface area contributed by atoms with Gasteiger partial charge in [-0.05, 0) is 35.4 Å². The molecule has 0 aliphatic rings. The number of nitrogens with one attached hydrogen (secondary N) is 1. The number of aromatic nitrogens is 1. The van der Waals surface area contributed by atoms with Crippen LogP contribution in [0.2, 0.25) is 0 Å². The fourth-order valence-corrected chi connectivity index (χ4v) is 3.66. The van der Waals surface area contributed by atoms with Gasteiger partial charge in [-0.2, -0.15) is 0 Å². The Morgan fingerprint density at radius 3 is 2.35 bits per heavy atom. The van der Waals surface area contributed by atoms with Crippen molar-refractivity contribution in [1.82, 2.24) is 9.88 Å². The van der Waals surface area contributed by atoms with Gasteiger partial charge in [0.05, 0.1) is 23.7 Å². The number of rotatable bonds is 7. The lowest BCUT2D eigenvalue weighted by Gasteiger charge is -2.35. The predicted molar refractivity (Wildman–Crippen MR) is 126 cm³/mol. The molecular weight excluding hydrogens is 394 g/mol. The van der Waals surface area contributed by atoms with E-state index < -0.39 is 17.6 Å². The van der Waals surface area contributed by atoms with Gasteiger partial charge in [-0.1, -0.05) is 54.9 Å². The van der Waals surface area contributed by atoms with E-state index in [9.17, 15) is 14.7 Å². The molecule has 2 rings (SSSR count). The zero-order valence-corrected chi connectivity index (χ0v) is 19.8. The van der Waals surface area contributed by atoms with Gasteiger partial charge in [-0.15, -0.1) is 0 Å². The summed E-state index contributed by atoms with van der Waals surface area (Å²) < 4.78 is 7.95. The number of hydrogen-bond acceptors (Lipinski definition) is 4. The number of benzene rings is 1. The fourth-order valence-electron chi connectivity index (χ4n) is 3.66. The SMILES string of the molecule is CCCCOc1c(C(NC(=O)O)C(C)(C)C)n(CC(C)(C)C)c(=O)c2ccc(N)cc12. The number of amides is 1. The normalized spacial score (nSPS) is 13.3. The molecule has 0 bridgehead atoms. The first kappa shape index (κ1) is 24.6. The molecule has 0 radical (unpaired) electrons. The first-order valence-electron chi connectivity index (χ1n) is 10.8. The number of carbonyl (C=O) groups is 1. The van der Waals surface area contributed by atoms with Gasteiger partial charge in [0.2, 0.25) is 0 Å². The standard InChI is InChI=1S/C24H37N3O4/c1-8-9-12-31-19-17-13-15(25)10-11-16(17)21(28)27(14-23(2,3)4)18(19)20(24(5,6)7)26-22(29)30/h10-11,13,20,26H,8-9,12,14,25H2,1-7H3,(H,29,30). The fraction of sp³-hybridized carbons (Fsp3) is 0.583. The third-order valence-electron chi connectivity index (χ3n) is 5.07. The molecule has 1 heterocycles. The zero-order chi connectivity index (χ0) is 23.6. The minimum absolute atomic E-state index is 0.177. The predicted octanol–water partition coefficient (Wildman–Crippen LogP) is 5.16. The van der Waals surface area contributed by atoms with E-state index in [4.69, 9.17) is 10.5 Å². The van der Waals surface area contributed by atoms with Crippen LogP contribution < -0.4 is 21.3 Å². The van der Waals surface area contributed by atoms with E-state index in [2.05, 4.69) is 12.2 Å². The largest absolute Gasteiger partial charge is 0.491 e. The topological polar surface area (TPSA) is 107 Å². The second-order valence-corrected chi connectivity index (χ2v) is 10.4. The minimum atomic E-state index is -1.15. The van der Waals surface area contributed by atoms with Crippen molar-refractivity contribution in [3.05, 3.63) is 34.2 Å². The molecule has 172 valence electrons. The van der Waals surface area contributed by atoms with Gasteiger partial charge in [-0.25, -0.2) is 4.79 Å². The zero-order valence-electron chi connectivity index (χ0n) is 19.8. The number of nitrogens with two attached hydrogens (primary N) is 1. The molecule has 0 saturated heterocycles. The Morgan fingerprint density at radius 2 is 1.84 bits per heavy atom. The van der Waals surface area contributed by atoms with E-state index in [0.717, 1.165) is 12.8 Å². The maximum atomic E-state index is 13.6. The quantitative estimate of drug-likeness (QED) is 0.414. The van der Waals surface area contributed by atoms with Crippen LogP contribution >= 0.6 is 0 Å². The van der Waals surface area contributed by atoms with E-state index in [0.29, 0.717) is 41.1 Å². The molecule has 31 heavy (non-hydrogen) atoms. The number of nitrogens with zero attached hydrogens (tertiary/aromatic N) is 1. The lowest BCUT2D eigenvalue weighted by molar-refractivity contribution is 0.169. The highest BCUT2D eigenvalue weighted by Gasteiger charge is 2.35. The lowest BCUT2D eigenvalue weighted by atomic mass is 9.83. The van der Waals surface area contributed by atoms with Crippen molar-refractivity contribution in [2.24, 2.45) is 10.8 Å². The van der Waals surface area contributed by atoms with Crippen molar-refractivity contribution < 1.29 is 14.6 Å². The highest BCUT2D eigenvalue weighted by Crippen LogP contribution is 2.41. The van der Waals surface area contributed by atoms with Gasteiger partial charge in [0.1, 0.15) is 5.75 Å². The van der Waals surface area contributed by atoms with Crippen LogP contribution in [0.5, 0.6) is 5.75 Å². The third kappa shape index (κ3) is 5.93. The number of ether oxygens (including phenoxy) is 1. The highest BCUT2D eigenvalue weighted by molar-refractivity contribution is 5.91. The van der Waals surface area contributed by atoms with E-state index in [1.807, 2.05) is 41.5 Å². The van der Waals surface area contributed by atoms with E-state index in [-0.39, 0.29) is 11.0 Å². The number of pyridine rings is 1. The average Bonchev–Trinajstić information content (AvgIpc) is 2.61. The summed E-state index contributed by atoms with van der Waals surface area (Å²) in [6.45, 7) is 14.9. The number of fused-ring (bicyclic) bond motifs is 1. The van der Waals surface area contributed by atoms with E-state index in [1.54, 1.807) is 22.8 Å². The Morgan fingerprint density at radius 1 is 1.19 bits per heavy atom. The molecule has 1 aromatic carbocycles. The van der Waals surface area contributed by atoms with Gasteiger partial charge in [-0.3, -0.25) is 4.79 Å². The summed E-state index contributed by atoms with van der Waals surface area (Å²) >= 11 is 0. The molecule has 1 amide bonds. The second-order valence-electron chi connectivity index (χ2n) is 10.4. The van der Waals surface area contributed by atoms with E-state index in [1.165, 1.54) is 0 Å². The van der Waals surface area contributed by atoms with Gasteiger partial charge in [0.25, 0.3) is 5.56 Å². The molecule has 7 nitrogen and oxygen atoms in total. The van der Waals surface area contributed by atoms with Crippen molar-refractivity contribution in [1.29, 1.82) is 0 Å². The monoisotopic (exact) mass is 431 g/mol. The summed E-state index contributed by atoms with van der Waals surface area (Å²) in [4.78, 5) is 25.4. The number of carboxylic acid groups (broad SMARTS) is 1. The van der Waals surface area contributed by atoms with Gasteiger partial charge >= 0.3 is 6.09 Å². The maximum Gasteiger partial charge on any atom is 0.405 e. The van der Waals surface area contributed by atoms with Crippen LogP contribution in [-0.2, 0) is 6.54 Å². The maximum absolute atomic E-state index is 13.6. The molecule has 2 aromatic rings. The molecule has 0 aliphatic heterocycles. The molecule has 1 unspecified atom stereocenters. The van der Waals surface area contributed by atoms with Gasteiger partial charge in [0.15, 0.2) is 0 Å². The summed E-state index contributed by atoms with van der Waals surface area (Å²) in [5.41, 5.74) is 6.22. The number of hydrogen-bond donors (Lipinski definition) is 3. The Hall–Kier alpha value is -2.70. The van der Waals surface area contributed by atoms with Gasteiger partial charge in [0, 0.05) is 17.6 Å². The Balaban J connectivity index is 3.00. The molecule has 0 fully saturated rings. The Labute approximate surface area is 184 Å². The summed E-state index contributed by atoms with van der Waals surface area (Å²) in [5, 5.41) is 13.4. The lowest BCUT2D eigenvalue weighted by Crippen LogP contribution is -2.41. The first-order chi connectivity index (χ1) is 14.3. The summed E-state index contributed by atoms with van der Waals surface area (Å²) in [6.07, 6.45) is 0.642. The molecule has 0 saturated carbocycles. The molecule has 7 heteroatoms. The van der Waals surface area contributed by atoms with Gasteiger partial charge < -0.3 is 25.5 Å². The van der Waals surface area contributed by atoms with Crippen LogP contribution in [0.3, 0.4) is 0 Å². The van der Waals surface area contributed by atoms with Crippen LogP contribution in [-0.4, -0.2) is 22.4 Å². The summed E-state index contributed by atoms with van der Waals surface area (Å²) in [5.74, 6) is 0.522. The highest BCUT2D eigenvalue weighted by atomic mass is 16.5. The van der Waals surface area contributed by atoms with Crippen LogP contribution in [0.25, 0.3) is 10.8 Å². The number of anilines is 1. The van der Waals surface area contributed by atoms with Crippen LogP contribution in [0.4, 0.5) is 10.5 Å². The van der Waals surface area contributed by atoms with Crippen molar-refractivity contribution >= 4 is 22.6 Å². The molecule has 1 atom stereocenters. The average molecular weight is 432 g/mol. The molecular formula is C24H37N3O4. The molecule has 1 aromatic heterocycles. The van der Waals surface area contributed by atoms with Crippen molar-refractivity contribution in [3.63, 3.8) is 0 Å². The van der Waals surface area contributed by atoms with Crippen molar-refractivity contribution in [2.75, 3.05) is 12.3 Å². The van der Waals surface area contributed by atoms with Crippen LogP contribution in [0.15, 0.2) is 23.0 Å². The van der Waals surface area contributed by atoms with Crippen LogP contribution in [0.1, 0.15) is 73.0 Å². The Kier molecular flexibility index (Phi) is 7.29. The molecule has 4 N–H and O–H groups in total. The number of unbranched alkanes of at least 4 members (excludes halogenated alkanes) is 1. The first-order valence-corrected chi connectivity index (χ1v) is 10.8. The van der Waals surface area contributed by atoms with Crippen molar-refractivity contribution in [3.8, 4) is 5.75 Å². The second kappa shape index (κ2) is 9.20. The number of nitrogen functional groups attached to an aromatic ring is 1. The minimum Gasteiger partial charge on any atom is -0.491 e. The molecule has 0 spiro atoms. The van der Waals surface area contributed by atoms with Crippen molar-refractivity contribution in [2.45, 2.75) is 73.9 Å². The third-order valence-corrected chi connectivity index (χ3v) is 5.07.